The molecule has 2 atom stereocenters. The van der Waals surface area contributed by atoms with Crippen LogP contribution in [0.3, 0.4) is 0 Å². The van der Waals surface area contributed by atoms with Gasteiger partial charge < -0.3 is 4.74 Å². The first kappa shape index (κ1) is 20.5. The third-order valence-electron chi connectivity index (χ3n) is 3.66. The topological polar surface area (TPSA) is 84.5 Å². The maximum absolute atomic E-state index is 12.2. The molecule has 6 nitrogen and oxygen atoms in total. The van der Waals surface area contributed by atoms with Crippen LogP contribution >= 0.6 is 11.8 Å². The van der Waals surface area contributed by atoms with Gasteiger partial charge in [0.1, 0.15) is 5.25 Å². The van der Waals surface area contributed by atoms with E-state index in [0.29, 0.717) is 5.56 Å². The molecule has 0 aliphatic heterocycles. The molecule has 2 aromatic rings. The van der Waals surface area contributed by atoms with E-state index in [1.54, 1.807) is 37.3 Å². The van der Waals surface area contributed by atoms with Crippen molar-refractivity contribution in [2.75, 3.05) is 0 Å². The maximum atomic E-state index is 12.2. The second kappa shape index (κ2) is 9.78. The number of carbonyl (C=O) groups is 3. The molecule has 0 heterocycles. The van der Waals surface area contributed by atoms with Gasteiger partial charge in [0.05, 0.1) is 0 Å². The number of thioether (sulfide) groups is 1. The largest absolute Gasteiger partial charge is 0.452 e. The Kier molecular flexibility index (Phi) is 7.43. The van der Waals surface area contributed by atoms with Gasteiger partial charge in [-0.05, 0) is 45.0 Å². The van der Waals surface area contributed by atoms with Crippen molar-refractivity contribution in [1.82, 2.24) is 10.9 Å². The van der Waals surface area contributed by atoms with Gasteiger partial charge in [0.25, 0.3) is 11.8 Å². The number of benzene rings is 2. The monoisotopic (exact) mass is 386 g/mol. The molecule has 0 saturated carbocycles. The van der Waals surface area contributed by atoms with E-state index in [9.17, 15) is 14.4 Å². The number of aryl methyl sites for hydroxylation is 1. The van der Waals surface area contributed by atoms with Crippen molar-refractivity contribution in [3.63, 3.8) is 0 Å². The molecule has 0 radical (unpaired) electrons. The molecule has 2 rings (SSSR count). The molecule has 27 heavy (non-hydrogen) atoms. The molecular formula is C20H22N2O4S. The summed E-state index contributed by atoms with van der Waals surface area (Å²) in [6.07, 6.45) is -1.03. The zero-order valence-electron chi connectivity index (χ0n) is 15.4. The average Bonchev–Trinajstić information content (AvgIpc) is 2.68. The number of esters is 1. The number of rotatable bonds is 6. The predicted octanol–water partition coefficient (Wildman–Crippen LogP) is 2.87. The highest BCUT2D eigenvalue weighted by Crippen LogP contribution is 2.24. The number of hydrogen-bond donors (Lipinski definition) is 2. The van der Waals surface area contributed by atoms with E-state index in [2.05, 4.69) is 10.9 Å². The summed E-state index contributed by atoms with van der Waals surface area (Å²) in [5, 5.41) is -0.470. The molecule has 0 saturated heterocycles. The fourth-order valence-electron chi connectivity index (χ4n) is 2.07. The van der Waals surface area contributed by atoms with Crippen molar-refractivity contribution >= 4 is 29.5 Å². The minimum atomic E-state index is -1.03. The SMILES string of the molecule is Cc1ccc(S[C@@H](C)C(=O)O[C@@H](C)C(=O)NNC(=O)c2ccccc2)cc1. The van der Waals surface area contributed by atoms with Crippen molar-refractivity contribution < 1.29 is 19.1 Å². The average molecular weight is 386 g/mol. The third-order valence-corrected chi connectivity index (χ3v) is 4.75. The lowest BCUT2D eigenvalue weighted by Gasteiger charge is -2.17. The van der Waals surface area contributed by atoms with Crippen LogP contribution in [-0.2, 0) is 14.3 Å². The van der Waals surface area contributed by atoms with Crippen LogP contribution in [0.25, 0.3) is 0 Å². The van der Waals surface area contributed by atoms with Gasteiger partial charge in [-0.25, -0.2) is 0 Å². The summed E-state index contributed by atoms with van der Waals surface area (Å²) >= 11 is 1.35. The molecule has 0 aliphatic carbocycles. The van der Waals surface area contributed by atoms with Gasteiger partial charge in [0, 0.05) is 10.5 Å². The molecule has 0 bridgehead atoms. The minimum absolute atomic E-state index is 0.408. The molecule has 0 aromatic heterocycles. The van der Waals surface area contributed by atoms with Crippen molar-refractivity contribution in [2.45, 2.75) is 37.0 Å². The van der Waals surface area contributed by atoms with E-state index >= 15 is 0 Å². The highest BCUT2D eigenvalue weighted by molar-refractivity contribution is 8.00. The highest BCUT2D eigenvalue weighted by Gasteiger charge is 2.23. The van der Waals surface area contributed by atoms with Crippen LogP contribution < -0.4 is 10.9 Å². The van der Waals surface area contributed by atoms with Crippen molar-refractivity contribution in [3.05, 3.63) is 65.7 Å². The van der Waals surface area contributed by atoms with Gasteiger partial charge >= 0.3 is 5.97 Å². The lowest BCUT2D eigenvalue weighted by atomic mass is 10.2. The zero-order valence-corrected chi connectivity index (χ0v) is 16.2. The lowest BCUT2D eigenvalue weighted by molar-refractivity contribution is -0.154. The number of carbonyl (C=O) groups excluding carboxylic acids is 3. The zero-order chi connectivity index (χ0) is 19.8. The predicted molar refractivity (Wildman–Crippen MR) is 104 cm³/mol. The summed E-state index contributed by atoms with van der Waals surface area (Å²) < 4.78 is 5.18. The molecule has 0 fully saturated rings. The second-order valence-corrected chi connectivity index (χ2v) is 7.38. The number of nitrogens with one attached hydrogen (secondary N) is 2. The number of amides is 2. The Morgan fingerprint density at radius 2 is 1.56 bits per heavy atom. The minimum Gasteiger partial charge on any atom is -0.452 e. The molecule has 142 valence electrons. The first-order valence-electron chi connectivity index (χ1n) is 8.46. The van der Waals surface area contributed by atoms with E-state index in [1.165, 1.54) is 18.7 Å². The van der Waals surface area contributed by atoms with Crippen LogP contribution in [0.2, 0.25) is 0 Å². The highest BCUT2D eigenvalue weighted by atomic mass is 32.2. The van der Waals surface area contributed by atoms with E-state index in [1.807, 2.05) is 31.2 Å². The molecule has 2 N–H and O–H groups in total. The molecular weight excluding hydrogens is 364 g/mol. The number of ether oxygens (including phenoxy) is 1. The van der Waals surface area contributed by atoms with Gasteiger partial charge in [-0.1, -0.05) is 35.9 Å². The summed E-state index contributed by atoms with van der Waals surface area (Å²) in [6, 6.07) is 16.2. The quantitative estimate of drug-likeness (QED) is 0.453. The van der Waals surface area contributed by atoms with E-state index in [0.717, 1.165) is 10.5 Å². The summed E-state index contributed by atoms with van der Waals surface area (Å²) in [6.45, 7) is 5.16. The third kappa shape index (κ3) is 6.45. The standard InChI is InChI=1S/C20H22N2O4S/c1-13-9-11-17(12-10-13)27-15(3)20(25)26-14(2)18(23)21-22-19(24)16-7-5-4-6-8-16/h4-12,14-15H,1-3H3,(H,21,23)(H,22,24)/t14-,15-/m0/s1. The molecule has 7 heteroatoms. The van der Waals surface area contributed by atoms with E-state index in [-0.39, 0.29) is 0 Å². The molecule has 0 aliphatic rings. The Labute approximate surface area is 162 Å². The van der Waals surface area contributed by atoms with Crippen molar-refractivity contribution in [1.29, 1.82) is 0 Å². The summed E-state index contributed by atoms with van der Waals surface area (Å²) in [4.78, 5) is 37.0. The maximum Gasteiger partial charge on any atom is 0.319 e. The van der Waals surface area contributed by atoms with Gasteiger partial charge in [0.2, 0.25) is 0 Å². The van der Waals surface area contributed by atoms with Crippen LogP contribution in [0, 0.1) is 6.92 Å². The Morgan fingerprint density at radius 1 is 0.926 bits per heavy atom. The Morgan fingerprint density at radius 3 is 2.19 bits per heavy atom. The Hall–Kier alpha value is -2.80. The van der Waals surface area contributed by atoms with Crippen LogP contribution in [0.5, 0.6) is 0 Å². The Balaban J connectivity index is 1.79. The molecule has 0 spiro atoms. The van der Waals surface area contributed by atoms with E-state index < -0.39 is 29.1 Å². The van der Waals surface area contributed by atoms with E-state index in [4.69, 9.17) is 4.74 Å². The van der Waals surface area contributed by atoms with Gasteiger partial charge in [0.15, 0.2) is 6.10 Å². The van der Waals surface area contributed by atoms with Gasteiger partial charge in [-0.2, -0.15) is 0 Å². The molecule has 0 unspecified atom stereocenters. The molecule has 2 aromatic carbocycles. The summed E-state index contributed by atoms with van der Waals surface area (Å²) in [7, 11) is 0. The van der Waals surface area contributed by atoms with Crippen molar-refractivity contribution in [3.8, 4) is 0 Å². The van der Waals surface area contributed by atoms with Gasteiger partial charge in [-0.3, -0.25) is 25.2 Å². The number of hydrogen-bond acceptors (Lipinski definition) is 5. The molecule has 2 amide bonds. The fraction of sp³-hybridized carbons (Fsp3) is 0.250. The normalized spacial score (nSPS) is 12.6. The summed E-state index contributed by atoms with van der Waals surface area (Å²) in [5.41, 5.74) is 6.10. The fourth-order valence-corrected chi connectivity index (χ4v) is 2.93. The first-order chi connectivity index (χ1) is 12.9. The second-order valence-electron chi connectivity index (χ2n) is 5.96. The van der Waals surface area contributed by atoms with Crippen LogP contribution in [0.4, 0.5) is 0 Å². The summed E-state index contributed by atoms with van der Waals surface area (Å²) in [5.74, 6) is -1.57. The van der Waals surface area contributed by atoms with Crippen molar-refractivity contribution in [2.24, 2.45) is 0 Å². The smallest absolute Gasteiger partial charge is 0.319 e. The van der Waals surface area contributed by atoms with Crippen LogP contribution in [0.15, 0.2) is 59.5 Å². The first-order valence-corrected chi connectivity index (χ1v) is 9.34. The van der Waals surface area contributed by atoms with Crippen LogP contribution in [-0.4, -0.2) is 29.1 Å². The van der Waals surface area contributed by atoms with Crippen LogP contribution in [0.1, 0.15) is 29.8 Å². The lowest BCUT2D eigenvalue weighted by Crippen LogP contribution is -2.47. The number of hydrazine groups is 1. The Bertz CT molecular complexity index is 793. The van der Waals surface area contributed by atoms with Gasteiger partial charge in [-0.15, -0.1) is 11.8 Å².